The summed E-state index contributed by atoms with van der Waals surface area (Å²) in [5.74, 6) is -3.04. The summed E-state index contributed by atoms with van der Waals surface area (Å²) >= 11 is 0. The maximum Gasteiger partial charge on any atom is 0.291 e. The van der Waals surface area contributed by atoms with Crippen molar-refractivity contribution in [3.8, 4) is 0 Å². The van der Waals surface area contributed by atoms with Crippen molar-refractivity contribution < 1.29 is 27.6 Å². The highest BCUT2D eigenvalue weighted by Gasteiger charge is 2.23. The zero-order valence-electron chi connectivity index (χ0n) is 12.4. The zero-order valence-corrected chi connectivity index (χ0v) is 12.4. The Balaban J connectivity index is 2.03. The van der Waals surface area contributed by atoms with Crippen molar-refractivity contribution in [3.05, 3.63) is 53.4 Å². The van der Waals surface area contributed by atoms with Crippen molar-refractivity contribution in [2.24, 2.45) is 5.73 Å². The Morgan fingerprint density at radius 3 is 2.42 bits per heavy atom. The minimum absolute atomic E-state index is 0.0124. The first-order chi connectivity index (χ1) is 11.4. The Labute approximate surface area is 134 Å². The van der Waals surface area contributed by atoms with E-state index >= 15 is 0 Å². The number of fused-ring (bicyclic) bond motifs is 1. The first-order valence-electron chi connectivity index (χ1n) is 6.81. The van der Waals surface area contributed by atoms with Gasteiger partial charge in [0.15, 0.2) is 17.3 Å². The van der Waals surface area contributed by atoms with Crippen LogP contribution in [0, 0.1) is 5.82 Å². The minimum atomic E-state index is -0.925. The van der Waals surface area contributed by atoms with E-state index < -0.39 is 17.6 Å². The third-order valence-electron chi connectivity index (χ3n) is 3.29. The summed E-state index contributed by atoms with van der Waals surface area (Å²) in [7, 11) is 0. The molecule has 7 nitrogen and oxygen atoms in total. The summed E-state index contributed by atoms with van der Waals surface area (Å²) in [6.07, 6.45) is 0. The van der Waals surface area contributed by atoms with Crippen LogP contribution in [0.5, 0.6) is 0 Å². The second-order valence-corrected chi connectivity index (χ2v) is 4.99. The Hall–Kier alpha value is -3.42. The van der Waals surface area contributed by atoms with Gasteiger partial charge in [0.2, 0.25) is 5.76 Å². The highest BCUT2D eigenvalue weighted by Crippen LogP contribution is 2.31. The van der Waals surface area contributed by atoms with Crippen molar-refractivity contribution in [3.63, 3.8) is 0 Å². The number of nitrogens with two attached hydrogens (primary N) is 1. The third-order valence-corrected chi connectivity index (χ3v) is 3.29. The van der Waals surface area contributed by atoms with Gasteiger partial charge in [-0.05, 0) is 30.3 Å². The van der Waals surface area contributed by atoms with Gasteiger partial charge in [0, 0.05) is 12.3 Å². The molecule has 3 rings (SSSR count). The number of rotatable bonds is 4. The Morgan fingerprint density at radius 2 is 1.79 bits per heavy atom. The number of hydrogen-bond acceptors (Lipinski definition) is 5. The summed E-state index contributed by atoms with van der Waals surface area (Å²) in [4.78, 5) is 35.0. The molecule has 2 amide bonds. The van der Waals surface area contributed by atoms with E-state index in [2.05, 4.69) is 5.32 Å². The van der Waals surface area contributed by atoms with Crippen LogP contribution in [0.15, 0.2) is 39.2 Å². The van der Waals surface area contributed by atoms with Crippen molar-refractivity contribution in [2.75, 3.05) is 5.32 Å². The first kappa shape index (κ1) is 15.5. The minimum Gasteiger partial charge on any atom is -0.449 e. The Bertz CT molecular complexity index is 986. The molecule has 0 radical (unpaired) electrons. The molecule has 0 fully saturated rings. The number of Topliss-reactive ketones (excluding diaryl/α,β-unsaturated/α-hetero) is 1. The lowest BCUT2D eigenvalue weighted by atomic mass is 10.2. The molecule has 0 atom stereocenters. The van der Waals surface area contributed by atoms with Crippen molar-refractivity contribution in [1.29, 1.82) is 0 Å². The molecule has 2 aromatic heterocycles. The van der Waals surface area contributed by atoms with Crippen LogP contribution < -0.4 is 11.1 Å². The topological polar surface area (TPSA) is 116 Å². The first-order valence-corrected chi connectivity index (χ1v) is 6.81. The molecule has 0 unspecified atom stereocenters. The molecule has 1 aromatic carbocycles. The van der Waals surface area contributed by atoms with Gasteiger partial charge in [-0.3, -0.25) is 14.4 Å². The number of nitrogens with one attached hydrogen (secondary N) is 1. The molecule has 122 valence electrons. The molecule has 3 aromatic rings. The molecule has 24 heavy (non-hydrogen) atoms. The summed E-state index contributed by atoms with van der Waals surface area (Å²) in [5, 5.41) is 2.58. The number of ketones is 1. The van der Waals surface area contributed by atoms with Gasteiger partial charge in [0.1, 0.15) is 17.1 Å². The van der Waals surface area contributed by atoms with Gasteiger partial charge in [-0.1, -0.05) is 0 Å². The fourth-order valence-corrected chi connectivity index (χ4v) is 2.19. The second kappa shape index (κ2) is 5.65. The highest BCUT2D eigenvalue weighted by molar-refractivity contribution is 6.13. The largest absolute Gasteiger partial charge is 0.449 e. The number of carbonyl (C=O) groups excluding carboxylic acids is 3. The van der Waals surface area contributed by atoms with Gasteiger partial charge >= 0.3 is 0 Å². The predicted octanol–water partition coefficient (Wildman–Crippen LogP) is 2.72. The molecule has 0 bridgehead atoms. The molecule has 0 aliphatic heterocycles. The molecule has 2 heterocycles. The number of amides is 2. The van der Waals surface area contributed by atoms with Gasteiger partial charge < -0.3 is 19.9 Å². The van der Waals surface area contributed by atoms with Gasteiger partial charge in [-0.25, -0.2) is 4.39 Å². The van der Waals surface area contributed by atoms with Crippen LogP contribution >= 0.6 is 0 Å². The van der Waals surface area contributed by atoms with Crippen LogP contribution in [0.3, 0.4) is 0 Å². The maximum absolute atomic E-state index is 13.5. The van der Waals surface area contributed by atoms with Crippen LogP contribution in [0.4, 0.5) is 10.1 Å². The lowest BCUT2D eigenvalue weighted by molar-refractivity contribution is 0.0966. The van der Waals surface area contributed by atoms with E-state index in [0.717, 1.165) is 12.1 Å². The van der Waals surface area contributed by atoms with Crippen molar-refractivity contribution >= 4 is 34.3 Å². The van der Waals surface area contributed by atoms with E-state index in [1.54, 1.807) is 0 Å². The number of anilines is 1. The van der Waals surface area contributed by atoms with Crippen LogP contribution in [0.25, 0.3) is 11.0 Å². The Kier molecular flexibility index (Phi) is 3.64. The van der Waals surface area contributed by atoms with E-state index in [1.165, 1.54) is 25.1 Å². The average molecular weight is 330 g/mol. The fourth-order valence-electron chi connectivity index (χ4n) is 2.19. The number of primary amides is 1. The number of benzene rings is 1. The molecule has 0 spiro atoms. The summed E-state index contributed by atoms with van der Waals surface area (Å²) in [6.45, 7) is 1.29. The van der Waals surface area contributed by atoms with E-state index in [-0.39, 0.29) is 39.7 Å². The molecule has 0 aliphatic rings. The lowest BCUT2D eigenvalue weighted by Crippen LogP contribution is -2.16. The number of furan rings is 2. The fraction of sp³-hybridized carbons (Fsp3) is 0.0625. The molecule has 0 aliphatic carbocycles. The number of halogens is 1. The van der Waals surface area contributed by atoms with Crippen LogP contribution in [-0.2, 0) is 0 Å². The van der Waals surface area contributed by atoms with Gasteiger partial charge in [-0.2, -0.15) is 0 Å². The van der Waals surface area contributed by atoms with E-state index in [9.17, 15) is 18.8 Å². The standard InChI is InChI=1S/C16H11FN2O5/c1-7(20)10-4-5-12(23-10)16(22)19-13-9-6-8(17)2-3-11(9)24-14(13)15(18)21/h2-6H,1H3,(H2,18,21)(H,19,22). The quantitative estimate of drug-likeness (QED) is 0.714. The molecule has 0 saturated heterocycles. The van der Waals surface area contributed by atoms with Crippen LogP contribution in [0.2, 0.25) is 0 Å². The average Bonchev–Trinajstić information content (AvgIpc) is 3.13. The summed E-state index contributed by atoms with van der Waals surface area (Å²) < 4.78 is 23.8. The molecule has 0 saturated carbocycles. The summed E-state index contributed by atoms with van der Waals surface area (Å²) in [5.41, 5.74) is 5.35. The highest BCUT2D eigenvalue weighted by atomic mass is 19.1. The van der Waals surface area contributed by atoms with Gasteiger partial charge in [-0.15, -0.1) is 0 Å². The van der Waals surface area contributed by atoms with Gasteiger partial charge in [0.25, 0.3) is 11.8 Å². The number of carbonyl (C=O) groups is 3. The monoisotopic (exact) mass is 330 g/mol. The van der Waals surface area contributed by atoms with Crippen LogP contribution in [-0.4, -0.2) is 17.6 Å². The Morgan fingerprint density at radius 1 is 1.08 bits per heavy atom. The zero-order chi connectivity index (χ0) is 17.4. The smallest absolute Gasteiger partial charge is 0.291 e. The summed E-state index contributed by atoms with van der Waals surface area (Å²) in [6, 6.07) is 6.21. The van der Waals surface area contributed by atoms with Gasteiger partial charge in [0.05, 0.1) is 0 Å². The van der Waals surface area contributed by atoms with E-state index in [0.29, 0.717) is 0 Å². The maximum atomic E-state index is 13.5. The van der Waals surface area contributed by atoms with E-state index in [1.807, 2.05) is 0 Å². The SMILES string of the molecule is CC(=O)c1ccc(C(=O)Nc2c(C(N)=O)oc3ccc(F)cc23)o1. The van der Waals surface area contributed by atoms with Crippen LogP contribution in [0.1, 0.15) is 38.6 Å². The normalized spacial score (nSPS) is 10.8. The van der Waals surface area contributed by atoms with E-state index in [4.69, 9.17) is 14.6 Å². The molecule has 8 heteroatoms. The van der Waals surface area contributed by atoms with Crippen molar-refractivity contribution in [1.82, 2.24) is 0 Å². The molecular formula is C16H11FN2O5. The number of hydrogen-bond donors (Lipinski definition) is 2. The third kappa shape index (κ3) is 2.65. The lowest BCUT2D eigenvalue weighted by Gasteiger charge is -2.02. The second-order valence-electron chi connectivity index (χ2n) is 4.99. The predicted molar refractivity (Wildman–Crippen MR) is 81.4 cm³/mol. The molecule has 3 N–H and O–H groups in total. The molecular weight excluding hydrogens is 319 g/mol. The van der Waals surface area contributed by atoms with Crippen molar-refractivity contribution in [2.45, 2.75) is 6.92 Å².